The van der Waals surface area contributed by atoms with Gasteiger partial charge >= 0.3 is 12.1 Å². The number of aromatic nitrogens is 2. The number of halogens is 5. The molecule has 1 N–H and O–H groups in total. The Morgan fingerprint density at radius 1 is 1.10 bits per heavy atom. The number of pyridine rings is 1. The largest absolute Gasteiger partial charge is 0.478 e. The molecule has 0 spiro atoms. The first kappa shape index (κ1) is 27.5. The highest BCUT2D eigenvalue weighted by Crippen LogP contribution is 2.54. The number of carboxylic acids is 1. The van der Waals surface area contributed by atoms with E-state index in [0.717, 1.165) is 30.2 Å². The van der Waals surface area contributed by atoms with Gasteiger partial charge in [0.1, 0.15) is 11.5 Å². The average molecular weight is 597 g/mol. The van der Waals surface area contributed by atoms with Crippen LogP contribution in [0.15, 0.2) is 35.1 Å². The number of carbonyl (C=O) groups is 1. The van der Waals surface area contributed by atoms with Crippen LogP contribution in [-0.2, 0) is 27.9 Å². The molecule has 1 aromatic carbocycles. The number of benzene rings is 1. The summed E-state index contributed by atoms with van der Waals surface area (Å²) in [4.78, 5) is 15.6. The first-order valence-electron chi connectivity index (χ1n) is 13.0. The summed E-state index contributed by atoms with van der Waals surface area (Å²) < 4.78 is 58.7. The molecule has 12 heteroatoms. The fraction of sp³-hybridized carbons (Fsp3) is 0.464. The predicted octanol–water partition coefficient (Wildman–Crippen LogP) is 7.64. The molecule has 3 aromatic rings. The van der Waals surface area contributed by atoms with E-state index < -0.39 is 28.9 Å². The number of hydrogen-bond donors (Lipinski definition) is 1. The molecule has 2 aliphatic heterocycles. The van der Waals surface area contributed by atoms with E-state index >= 15 is 0 Å². The molecule has 2 aliphatic carbocycles. The second-order valence-electron chi connectivity index (χ2n) is 11.0. The molecule has 212 valence electrons. The smallest absolute Gasteiger partial charge is 0.416 e. The van der Waals surface area contributed by atoms with Crippen molar-refractivity contribution in [2.24, 2.45) is 5.41 Å². The van der Waals surface area contributed by atoms with Gasteiger partial charge in [-0.25, -0.2) is 4.79 Å². The SMILES string of the molecule is O=C(O)c1cc(C(F)(F)F)cc(C23CCC(COCc4c(-c5c(Cl)cncc5Cl)noc4C4CC4)(CC2)CO3)c1. The third-order valence-corrected chi connectivity index (χ3v) is 8.89. The lowest BCUT2D eigenvalue weighted by molar-refractivity contribution is -0.205. The van der Waals surface area contributed by atoms with Crippen LogP contribution < -0.4 is 0 Å². The highest BCUT2D eigenvalue weighted by molar-refractivity contribution is 6.38. The van der Waals surface area contributed by atoms with Crippen LogP contribution in [0.5, 0.6) is 0 Å². The number of carboxylic acid groups (broad SMARTS) is 1. The summed E-state index contributed by atoms with van der Waals surface area (Å²) in [5.74, 6) is -0.377. The molecule has 2 bridgehead atoms. The van der Waals surface area contributed by atoms with Crippen LogP contribution in [0.3, 0.4) is 0 Å². The summed E-state index contributed by atoms with van der Waals surface area (Å²) in [6.45, 7) is 0.889. The van der Waals surface area contributed by atoms with Crippen molar-refractivity contribution in [3.8, 4) is 11.3 Å². The van der Waals surface area contributed by atoms with Crippen molar-refractivity contribution < 1.29 is 37.1 Å². The van der Waals surface area contributed by atoms with Gasteiger partial charge in [-0.1, -0.05) is 28.4 Å². The summed E-state index contributed by atoms with van der Waals surface area (Å²) in [6, 6.07) is 2.98. The molecule has 7 nitrogen and oxygen atoms in total. The lowest BCUT2D eigenvalue weighted by Crippen LogP contribution is -2.51. The zero-order valence-corrected chi connectivity index (χ0v) is 22.7. The predicted molar refractivity (Wildman–Crippen MR) is 138 cm³/mol. The summed E-state index contributed by atoms with van der Waals surface area (Å²) in [5, 5.41) is 14.4. The molecule has 4 aliphatic rings. The van der Waals surface area contributed by atoms with Gasteiger partial charge in [-0.2, -0.15) is 13.2 Å². The van der Waals surface area contributed by atoms with Gasteiger partial charge in [-0.05, 0) is 62.3 Å². The molecule has 4 heterocycles. The van der Waals surface area contributed by atoms with E-state index in [1.807, 2.05) is 0 Å². The second kappa shape index (κ2) is 10.0. The summed E-state index contributed by atoms with van der Waals surface area (Å²) in [6.07, 6.45) is 2.58. The summed E-state index contributed by atoms with van der Waals surface area (Å²) in [7, 11) is 0. The number of rotatable bonds is 8. The molecule has 2 aromatic heterocycles. The van der Waals surface area contributed by atoms with Crippen molar-refractivity contribution in [2.75, 3.05) is 13.2 Å². The number of nitrogens with zero attached hydrogens (tertiary/aromatic N) is 2. The first-order valence-corrected chi connectivity index (χ1v) is 13.7. The zero-order valence-electron chi connectivity index (χ0n) is 21.2. The van der Waals surface area contributed by atoms with Gasteiger partial charge in [0.05, 0.1) is 46.6 Å². The van der Waals surface area contributed by atoms with E-state index in [4.69, 9.17) is 37.2 Å². The molecule has 2 saturated heterocycles. The van der Waals surface area contributed by atoms with E-state index in [1.54, 1.807) is 0 Å². The first-order chi connectivity index (χ1) is 19.0. The lowest BCUT2D eigenvalue weighted by atomic mass is 9.64. The second-order valence-corrected chi connectivity index (χ2v) is 11.8. The molecular weight excluding hydrogens is 572 g/mol. The van der Waals surface area contributed by atoms with Gasteiger partial charge in [-0.15, -0.1) is 0 Å². The highest BCUT2D eigenvalue weighted by Gasteiger charge is 2.51. The molecule has 0 unspecified atom stereocenters. The third-order valence-electron chi connectivity index (χ3n) is 8.32. The van der Waals surface area contributed by atoms with Gasteiger partial charge in [0, 0.05) is 34.9 Å². The van der Waals surface area contributed by atoms with Gasteiger partial charge in [-0.3, -0.25) is 4.98 Å². The topological polar surface area (TPSA) is 94.7 Å². The van der Waals surface area contributed by atoms with Gasteiger partial charge in [0.25, 0.3) is 0 Å². The van der Waals surface area contributed by atoms with Crippen LogP contribution in [-0.4, -0.2) is 34.4 Å². The Morgan fingerprint density at radius 2 is 1.80 bits per heavy atom. The van der Waals surface area contributed by atoms with E-state index in [1.165, 1.54) is 18.5 Å². The Bertz CT molecular complexity index is 1430. The van der Waals surface area contributed by atoms with Crippen molar-refractivity contribution >= 4 is 29.2 Å². The van der Waals surface area contributed by atoms with Crippen LogP contribution in [0.25, 0.3) is 11.3 Å². The monoisotopic (exact) mass is 596 g/mol. The molecule has 40 heavy (non-hydrogen) atoms. The average Bonchev–Trinajstić information content (AvgIpc) is 3.69. The number of alkyl halides is 3. The number of aromatic carboxylic acids is 1. The maximum atomic E-state index is 13.5. The van der Waals surface area contributed by atoms with E-state index in [2.05, 4.69) is 10.1 Å². The summed E-state index contributed by atoms with van der Waals surface area (Å²) >= 11 is 12.8. The van der Waals surface area contributed by atoms with Gasteiger partial charge in [0.2, 0.25) is 0 Å². The molecule has 4 fully saturated rings. The van der Waals surface area contributed by atoms with Crippen molar-refractivity contribution in [3.63, 3.8) is 0 Å². The Hall–Kier alpha value is -2.66. The number of fused-ring (bicyclic) bond motifs is 3. The molecule has 2 saturated carbocycles. The fourth-order valence-electron chi connectivity index (χ4n) is 5.83. The Balaban J connectivity index is 1.18. The minimum atomic E-state index is -4.66. The molecule has 7 rings (SSSR count). The number of ether oxygens (including phenoxy) is 2. The molecule has 0 radical (unpaired) electrons. The minimum Gasteiger partial charge on any atom is -0.478 e. The number of hydrogen-bond acceptors (Lipinski definition) is 6. The third kappa shape index (κ3) is 5.00. The van der Waals surface area contributed by atoms with Crippen LogP contribution in [0.2, 0.25) is 10.0 Å². The fourth-order valence-corrected chi connectivity index (χ4v) is 6.37. The zero-order chi connectivity index (χ0) is 28.3. The molecular formula is C28H25Cl2F3N2O5. The van der Waals surface area contributed by atoms with E-state index in [0.29, 0.717) is 66.3 Å². The van der Waals surface area contributed by atoms with Crippen molar-refractivity contribution in [1.29, 1.82) is 0 Å². The maximum Gasteiger partial charge on any atom is 0.416 e. The van der Waals surface area contributed by atoms with Crippen molar-refractivity contribution in [2.45, 2.75) is 62.8 Å². The normalized spacial score (nSPS) is 24.4. The van der Waals surface area contributed by atoms with Gasteiger partial charge < -0.3 is 19.1 Å². The van der Waals surface area contributed by atoms with Crippen molar-refractivity contribution in [3.05, 3.63) is 68.7 Å². The molecule has 0 atom stereocenters. The van der Waals surface area contributed by atoms with Gasteiger partial charge in [0.15, 0.2) is 0 Å². The Labute approximate surface area is 237 Å². The lowest BCUT2D eigenvalue weighted by Gasteiger charge is -2.53. The quantitative estimate of drug-likeness (QED) is 0.285. The van der Waals surface area contributed by atoms with Crippen LogP contribution in [0.1, 0.15) is 77.3 Å². The van der Waals surface area contributed by atoms with E-state index in [9.17, 15) is 23.1 Å². The molecule has 0 amide bonds. The van der Waals surface area contributed by atoms with Crippen LogP contribution in [0, 0.1) is 5.41 Å². The maximum absolute atomic E-state index is 13.5. The van der Waals surface area contributed by atoms with E-state index in [-0.39, 0.29) is 23.5 Å². The summed E-state index contributed by atoms with van der Waals surface area (Å²) in [5.41, 5.74) is -0.543. The van der Waals surface area contributed by atoms with Crippen molar-refractivity contribution in [1.82, 2.24) is 10.1 Å². The minimum absolute atomic E-state index is 0.224. The van der Waals surface area contributed by atoms with Crippen LogP contribution in [0.4, 0.5) is 13.2 Å². The standard InChI is InChI=1S/C28H25Cl2F3N2O5/c29-20-10-34-11-21(30)22(20)23-19(24(40-35-23)15-1-2-15)12-38-13-26-3-5-27(6-4-26,39-14-26)17-7-16(25(36)37)8-18(9-17)28(31,32)33/h7-11,15H,1-6,12-14H2,(H,36,37). The Morgan fingerprint density at radius 3 is 2.38 bits per heavy atom. The Kier molecular flexibility index (Phi) is 6.88. The van der Waals surface area contributed by atoms with Crippen LogP contribution >= 0.6 is 23.2 Å². The highest BCUT2D eigenvalue weighted by atomic mass is 35.5.